The Balaban J connectivity index is 2.11. The summed E-state index contributed by atoms with van der Waals surface area (Å²) in [5.74, 6) is 0.697. The third-order valence-corrected chi connectivity index (χ3v) is 4.24. The van der Waals surface area contributed by atoms with Crippen molar-refractivity contribution in [1.29, 1.82) is 0 Å². The highest BCUT2D eigenvalue weighted by molar-refractivity contribution is 7.11. The molecule has 0 saturated heterocycles. The molecule has 15 heavy (non-hydrogen) atoms. The van der Waals surface area contributed by atoms with Crippen molar-refractivity contribution in [2.45, 2.75) is 51.4 Å². The maximum absolute atomic E-state index is 8.90. The normalized spacial score (nSPS) is 18.3. The maximum Gasteiger partial charge on any atom is 0.0953 e. The first-order valence-corrected chi connectivity index (χ1v) is 6.70. The van der Waals surface area contributed by atoms with Crippen molar-refractivity contribution < 1.29 is 5.11 Å². The van der Waals surface area contributed by atoms with E-state index in [2.05, 4.69) is 11.9 Å². The van der Waals surface area contributed by atoms with Gasteiger partial charge in [0, 0.05) is 23.8 Å². The van der Waals surface area contributed by atoms with Crippen molar-refractivity contribution in [2.75, 3.05) is 6.61 Å². The van der Waals surface area contributed by atoms with Crippen molar-refractivity contribution in [1.82, 2.24) is 4.98 Å². The number of nitrogens with zero attached hydrogens (tertiary/aromatic N) is 1. The van der Waals surface area contributed by atoms with Crippen LogP contribution in [0.5, 0.6) is 0 Å². The number of rotatable bonds is 3. The number of aliphatic hydroxyl groups is 1. The molecule has 1 N–H and O–H groups in total. The molecule has 1 heterocycles. The zero-order chi connectivity index (χ0) is 10.7. The summed E-state index contributed by atoms with van der Waals surface area (Å²) in [4.78, 5) is 6.05. The first-order chi connectivity index (χ1) is 7.31. The molecule has 0 bridgehead atoms. The van der Waals surface area contributed by atoms with Gasteiger partial charge in [0.05, 0.1) is 10.7 Å². The largest absolute Gasteiger partial charge is 0.396 e. The van der Waals surface area contributed by atoms with Crippen molar-refractivity contribution in [3.05, 3.63) is 15.6 Å². The Morgan fingerprint density at radius 2 is 2.07 bits per heavy atom. The summed E-state index contributed by atoms with van der Waals surface area (Å²) < 4.78 is 0. The Kier molecular flexibility index (Phi) is 3.76. The second-order valence-corrected chi connectivity index (χ2v) is 5.65. The highest BCUT2D eigenvalue weighted by Gasteiger charge is 2.20. The van der Waals surface area contributed by atoms with E-state index < -0.39 is 0 Å². The lowest BCUT2D eigenvalue weighted by Crippen LogP contribution is -2.06. The quantitative estimate of drug-likeness (QED) is 0.857. The molecular formula is C12H19NOS. The van der Waals surface area contributed by atoms with Crippen molar-refractivity contribution in [3.8, 4) is 0 Å². The summed E-state index contributed by atoms with van der Waals surface area (Å²) in [5.41, 5.74) is 1.32. The number of aryl methyl sites for hydroxylation is 1. The molecule has 1 saturated carbocycles. The second kappa shape index (κ2) is 5.08. The monoisotopic (exact) mass is 225 g/mol. The zero-order valence-corrected chi connectivity index (χ0v) is 10.1. The van der Waals surface area contributed by atoms with Crippen molar-refractivity contribution in [2.24, 2.45) is 0 Å². The maximum atomic E-state index is 8.90. The van der Waals surface area contributed by atoms with Crippen LogP contribution < -0.4 is 0 Å². The molecule has 0 aliphatic heterocycles. The van der Waals surface area contributed by atoms with Gasteiger partial charge in [0.25, 0.3) is 0 Å². The van der Waals surface area contributed by atoms with E-state index in [-0.39, 0.29) is 6.61 Å². The Bertz CT molecular complexity index is 315. The summed E-state index contributed by atoms with van der Waals surface area (Å²) >= 11 is 1.76. The summed E-state index contributed by atoms with van der Waals surface area (Å²) in [6.45, 7) is 2.39. The topological polar surface area (TPSA) is 33.1 Å². The predicted molar refractivity (Wildman–Crippen MR) is 63.5 cm³/mol. The third kappa shape index (κ3) is 2.58. The number of thiazole rings is 1. The Hall–Kier alpha value is -0.410. The SMILES string of the molecule is Cc1sc(CCO)nc1C1CCCCC1. The molecule has 0 atom stereocenters. The van der Waals surface area contributed by atoms with Crippen LogP contribution in [0.1, 0.15) is 53.6 Å². The average molecular weight is 225 g/mol. The number of aliphatic hydroxyl groups excluding tert-OH is 1. The Morgan fingerprint density at radius 3 is 2.73 bits per heavy atom. The average Bonchev–Trinajstić information content (AvgIpc) is 2.61. The zero-order valence-electron chi connectivity index (χ0n) is 9.33. The lowest BCUT2D eigenvalue weighted by atomic mass is 9.86. The minimum Gasteiger partial charge on any atom is -0.396 e. The number of aromatic nitrogens is 1. The first kappa shape index (κ1) is 11.1. The molecule has 2 rings (SSSR count). The molecule has 0 spiro atoms. The van der Waals surface area contributed by atoms with E-state index in [1.807, 2.05) is 0 Å². The van der Waals surface area contributed by atoms with E-state index >= 15 is 0 Å². The van der Waals surface area contributed by atoms with Crippen LogP contribution in [0.3, 0.4) is 0 Å². The molecule has 0 unspecified atom stereocenters. The van der Waals surface area contributed by atoms with Crippen LogP contribution in [0.2, 0.25) is 0 Å². The van der Waals surface area contributed by atoms with Gasteiger partial charge in [-0.25, -0.2) is 4.98 Å². The van der Waals surface area contributed by atoms with E-state index in [0.717, 1.165) is 11.4 Å². The highest BCUT2D eigenvalue weighted by atomic mass is 32.1. The Morgan fingerprint density at radius 1 is 1.33 bits per heavy atom. The molecule has 2 nitrogen and oxygen atoms in total. The van der Waals surface area contributed by atoms with Gasteiger partial charge in [-0.1, -0.05) is 19.3 Å². The van der Waals surface area contributed by atoms with Gasteiger partial charge < -0.3 is 5.11 Å². The number of hydrogen-bond donors (Lipinski definition) is 1. The number of hydrogen-bond acceptors (Lipinski definition) is 3. The molecule has 0 amide bonds. The van der Waals surface area contributed by atoms with Gasteiger partial charge in [-0.05, 0) is 19.8 Å². The fourth-order valence-corrected chi connectivity index (χ4v) is 3.43. The fraction of sp³-hybridized carbons (Fsp3) is 0.750. The summed E-state index contributed by atoms with van der Waals surface area (Å²) in [6.07, 6.45) is 7.45. The molecule has 1 aromatic heterocycles. The van der Waals surface area contributed by atoms with E-state index in [0.29, 0.717) is 5.92 Å². The van der Waals surface area contributed by atoms with Crippen LogP contribution in [0.4, 0.5) is 0 Å². The van der Waals surface area contributed by atoms with Gasteiger partial charge in [-0.3, -0.25) is 0 Å². The predicted octanol–water partition coefficient (Wildman–Crippen LogP) is 3.03. The van der Waals surface area contributed by atoms with E-state index in [4.69, 9.17) is 5.11 Å². The van der Waals surface area contributed by atoms with Crippen LogP contribution in [0.25, 0.3) is 0 Å². The molecule has 1 aliphatic carbocycles. The minimum absolute atomic E-state index is 0.219. The van der Waals surface area contributed by atoms with E-state index in [9.17, 15) is 0 Å². The lowest BCUT2D eigenvalue weighted by Gasteiger charge is -2.20. The molecule has 1 fully saturated rings. The van der Waals surface area contributed by atoms with Gasteiger partial charge in [0.2, 0.25) is 0 Å². The third-order valence-electron chi connectivity index (χ3n) is 3.19. The molecule has 0 radical (unpaired) electrons. The standard InChI is InChI=1S/C12H19NOS/c1-9-12(10-5-3-2-4-6-10)13-11(15-9)7-8-14/h10,14H,2-8H2,1H3. The second-order valence-electron chi connectivity index (χ2n) is 4.36. The van der Waals surface area contributed by atoms with Crippen LogP contribution in [-0.4, -0.2) is 16.7 Å². The van der Waals surface area contributed by atoms with Crippen molar-refractivity contribution >= 4 is 11.3 Å². The van der Waals surface area contributed by atoms with Gasteiger partial charge in [-0.2, -0.15) is 0 Å². The van der Waals surface area contributed by atoms with E-state index in [1.165, 1.54) is 42.7 Å². The van der Waals surface area contributed by atoms with E-state index in [1.54, 1.807) is 11.3 Å². The van der Waals surface area contributed by atoms with Crippen molar-refractivity contribution in [3.63, 3.8) is 0 Å². The Labute approximate surface area is 95.4 Å². The molecule has 84 valence electrons. The smallest absolute Gasteiger partial charge is 0.0953 e. The van der Waals surface area contributed by atoms with Crippen LogP contribution >= 0.6 is 11.3 Å². The highest BCUT2D eigenvalue weighted by Crippen LogP contribution is 2.35. The fourth-order valence-electron chi connectivity index (χ4n) is 2.42. The van der Waals surface area contributed by atoms with Crippen LogP contribution in [0, 0.1) is 6.92 Å². The molecule has 1 aliphatic rings. The van der Waals surface area contributed by atoms with Gasteiger partial charge >= 0.3 is 0 Å². The summed E-state index contributed by atoms with van der Waals surface area (Å²) in [7, 11) is 0. The van der Waals surface area contributed by atoms with Gasteiger partial charge in [0.1, 0.15) is 0 Å². The van der Waals surface area contributed by atoms with Gasteiger partial charge in [0.15, 0.2) is 0 Å². The summed E-state index contributed by atoms with van der Waals surface area (Å²) in [6, 6.07) is 0. The molecule has 3 heteroatoms. The lowest BCUT2D eigenvalue weighted by molar-refractivity contribution is 0.299. The molecule has 0 aromatic carbocycles. The molecular weight excluding hydrogens is 206 g/mol. The first-order valence-electron chi connectivity index (χ1n) is 5.88. The van der Waals surface area contributed by atoms with Crippen LogP contribution in [-0.2, 0) is 6.42 Å². The minimum atomic E-state index is 0.219. The molecule has 1 aromatic rings. The van der Waals surface area contributed by atoms with Gasteiger partial charge in [-0.15, -0.1) is 11.3 Å². The van der Waals surface area contributed by atoms with Crippen LogP contribution in [0.15, 0.2) is 0 Å². The summed E-state index contributed by atoms with van der Waals surface area (Å²) in [5, 5.41) is 10.0.